The zero-order valence-electron chi connectivity index (χ0n) is 7.26. The van der Waals surface area contributed by atoms with Crippen molar-refractivity contribution in [1.82, 2.24) is 0 Å². The summed E-state index contributed by atoms with van der Waals surface area (Å²) in [5.41, 5.74) is 0. The molecule has 0 heterocycles. The zero-order valence-corrected chi connectivity index (χ0v) is 10.4. The molecule has 0 aliphatic rings. The largest absolute Gasteiger partial charge is 1.00 e. The maximum Gasteiger partial charge on any atom is 1.00 e. The summed E-state index contributed by atoms with van der Waals surface area (Å²) in [6.07, 6.45) is 2.70. The Morgan fingerprint density at radius 2 is 2.00 bits per heavy atom. The van der Waals surface area contributed by atoms with Crippen LogP contribution in [0.1, 0.15) is 32.6 Å². The molecular formula is C7H13KO3. The summed E-state index contributed by atoms with van der Waals surface area (Å²) < 4.78 is 4.19. The van der Waals surface area contributed by atoms with E-state index >= 15 is 0 Å². The molecule has 0 N–H and O–H groups in total. The van der Waals surface area contributed by atoms with E-state index in [1.165, 1.54) is 0 Å². The van der Waals surface area contributed by atoms with Gasteiger partial charge in [-0.25, -0.2) is 0 Å². The number of hydrogen-bond donors (Lipinski definition) is 0. The fourth-order valence-electron chi connectivity index (χ4n) is 0.684. The Hall–Kier alpha value is 0.906. The third-order valence-corrected chi connectivity index (χ3v) is 1.22. The van der Waals surface area contributed by atoms with Crippen LogP contribution in [-0.2, 0) is 4.74 Å². The molecule has 0 atom stereocenters. The van der Waals surface area contributed by atoms with Crippen molar-refractivity contribution in [3.8, 4) is 0 Å². The van der Waals surface area contributed by atoms with Gasteiger partial charge in [0.15, 0.2) is 0 Å². The number of carbonyl (C=O) groups excluding carboxylic acids is 1. The van der Waals surface area contributed by atoms with Crippen LogP contribution in [0.25, 0.3) is 0 Å². The topological polar surface area (TPSA) is 49.4 Å². The van der Waals surface area contributed by atoms with Crippen LogP contribution >= 0.6 is 0 Å². The van der Waals surface area contributed by atoms with Crippen LogP contribution in [0.15, 0.2) is 0 Å². The summed E-state index contributed by atoms with van der Waals surface area (Å²) in [6, 6.07) is 0. The van der Waals surface area contributed by atoms with E-state index < -0.39 is 6.16 Å². The van der Waals surface area contributed by atoms with Crippen molar-refractivity contribution in [1.29, 1.82) is 0 Å². The average molecular weight is 184 g/mol. The van der Waals surface area contributed by atoms with Crippen molar-refractivity contribution in [2.45, 2.75) is 32.6 Å². The SMILES string of the molecule is CCCCCCOC(=O)[O-].[K+]. The van der Waals surface area contributed by atoms with Crippen molar-refractivity contribution >= 4 is 6.16 Å². The summed E-state index contributed by atoms with van der Waals surface area (Å²) in [4.78, 5) is 9.70. The van der Waals surface area contributed by atoms with Gasteiger partial charge in [-0.05, 0) is 6.42 Å². The first kappa shape index (κ1) is 14.4. The Bertz CT molecular complexity index is 95.7. The Kier molecular flexibility index (Phi) is 14.3. The fourth-order valence-corrected chi connectivity index (χ4v) is 0.684. The molecule has 60 valence electrons. The van der Waals surface area contributed by atoms with Crippen molar-refractivity contribution < 1.29 is 66.0 Å². The monoisotopic (exact) mass is 184 g/mol. The molecule has 0 spiro atoms. The molecule has 0 amide bonds. The van der Waals surface area contributed by atoms with Gasteiger partial charge in [0, 0.05) is 6.61 Å². The normalized spacial score (nSPS) is 8.45. The summed E-state index contributed by atoms with van der Waals surface area (Å²) in [6.45, 7) is 2.38. The molecule has 0 aromatic heterocycles. The van der Waals surface area contributed by atoms with Crippen LogP contribution in [0.5, 0.6) is 0 Å². The number of unbranched alkanes of at least 4 members (excludes halogenated alkanes) is 3. The van der Waals surface area contributed by atoms with Crippen molar-refractivity contribution in [2.75, 3.05) is 6.61 Å². The van der Waals surface area contributed by atoms with Gasteiger partial charge in [-0.1, -0.05) is 26.2 Å². The van der Waals surface area contributed by atoms with E-state index in [2.05, 4.69) is 11.7 Å². The first-order valence-electron chi connectivity index (χ1n) is 3.61. The number of carbonyl (C=O) groups is 1. The third-order valence-electron chi connectivity index (χ3n) is 1.22. The first-order chi connectivity index (χ1) is 4.77. The molecule has 0 saturated heterocycles. The molecule has 0 aromatic rings. The number of carboxylic acid groups (broad SMARTS) is 1. The second-order valence-electron chi connectivity index (χ2n) is 2.16. The van der Waals surface area contributed by atoms with Crippen LogP contribution < -0.4 is 56.5 Å². The molecule has 4 heteroatoms. The second kappa shape index (κ2) is 10.9. The van der Waals surface area contributed by atoms with Crippen LogP contribution in [0.4, 0.5) is 4.79 Å². The smallest absolute Gasteiger partial charge is 0.550 e. The van der Waals surface area contributed by atoms with Gasteiger partial charge in [0.1, 0.15) is 0 Å². The van der Waals surface area contributed by atoms with E-state index in [1.807, 2.05) is 0 Å². The average Bonchev–Trinajstić information content (AvgIpc) is 1.87. The molecule has 11 heavy (non-hydrogen) atoms. The molecule has 0 aromatic carbocycles. The molecule has 0 rings (SSSR count). The predicted molar refractivity (Wildman–Crippen MR) is 35.5 cm³/mol. The first-order valence-corrected chi connectivity index (χ1v) is 3.61. The summed E-state index contributed by atoms with van der Waals surface area (Å²) in [5, 5.41) is 9.70. The summed E-state index contributed by atoms with van der Waals surface area (Å²) in [7, 11) is 0. The maximum absolute atomic E-state index is 9.70. The van der Waals surface area contributed by atoms with Crippen molar-refractivity contribution in [2.24, 2.45) is 0 Å². The summed E-state index contributed by atoms with van der Waals surface area (Å²) in [5.74, 6) is 0. The van der Waals surface area contributed by atoms with Gasteiger partial charge in [0.05, 0.1) is 0 Å². The van der Waals surface area contributed by atoms with Gasteiger partial charge in [0.25, 0.3) is 6.16 Å². The predicted octanol–water partition coefficient (Wildman–Crippen LogP) is -2.07. The summed E-state index contributed by atoms with van der Waals surface area (Å²) >= 11 is 0. The fraction of sp³-hybridized carbons (Fsp3) is 0.857. The van der Waals surface area contributed by atoms with Gasteiger partial charge in [-0.2, -0.15) is 0 Å². The zero-order chi connectivity index (χ0) is 7.82. The van der Waals surface area contributed by atoms with E-state index in [1.54, 1.807) is 0 Å². The Balaban J connectivity index is 0. The molecule has 0 aliphatic heterocycles. The van der Waals surface area contributed by atoms with Gasteiger partial charge in [-0.3, -0.25) is 0 Å². The quantitative estimate of drug-likeness (QED) is 0.280. The molecule has 0 aliphatic carbocycles. The molecule has 0 unspecified atom stereocenters. The van der Waals surface area contributed by atoms with Gasteiger partial charge in [-0.15, -0.1) is 0 Å². The number of ether oxygens (including phenoxy) is 1. The standard InChI is InChI=1S/C7H14O3.K/c1-2-3-4-5-6-10-7(8)9;/h2-6H2,1H3,(H,8,9);/q;+1/p-1. The maximum atomic E-state index is 9.70. The van der Waals surface area contributed by atoms with Crippen molar-refractivity contribution in [3.05, 3.63) is 0 Å². The van der Waals surface area contributed by atoms with E-state index in [0.29, 0.717) is 0 Å². The van der Waals surface area contributed by atoms with E-state index in [0.717, 1.165) is 25.7 Å². The molecule has 0 bridgehead atoms. The van der Waals surface area contributed by atoms with Gasteiger partial charge < -0.3 is 14.6 Å². The molecule has 0 saturated carbocycles. The third kappa shape index (κ3) is 13.8. The Labute approximate surface area is 110 Å². The molecule has 0 fully saturated rings. The number of rotatable bonds is 5. The van der Waals surface area contributed by atoms with Crippen LogP contribution in [0.3, 0.4) is 0 Å². The van der Waals surface area contributed by atoms with E-state index in [4.69, 9.17) is 0 Å². The Morgan fingerprint density at radius 3 is 2.45 bits per heavy atom. The van der Waals surface area contributed by atoms with Crippen molar-refractivity contribution in [3.63, 3.8) is 0 Å². The van der Waals surface area contributed by atoms with E-state index in [-0.39, 0.29) is 58.0 Å². The van der Waals surface area contributed by atoms with Gasteiger partial charge >= 0.3 is 51.4 Å². The molecule has 0 radical (unpaired) electrons. The minimum Gasteiger partial charge on any atom is -0.550 e. The second-order valence-corrected chi connectivity index (χ2v) is 2.16. The molecular weight excluding hydrogens is 171 g/mol. The van der Waals surface area contributed by atoms with Crippen LogP contribution in [0, 0.1) is 0 Å². The van der Waals surface area contributed by atoms with Gasteiger partial charge in [0.2, 0.25) is 0 Å². The van der Waals surface area contributed by atoms with Crippen LogP contribution in [-0.4, -0.2) is 12.8 Å². The molecule has 3 nitrogen and oxygen atoms in total. The number of hydrogen-bond acceptors (Lipinski definition) is 3. The van der Waals surface area contributed by atoms with Crippen LogP contribution in [0.2, 0.25) is 0 Å². The van der Waals surface area contributed by atoms with E-state index in [9.17, 15) is 9.90 Å². The Morgan fingerprint density at radius 1 is 1.36 bits per heavy atom. The minimum absolute atomic E-state index is 0. The minimum atomic E-state index is -1.42.